The highest BCUT2D eigenvalue weighted by molar-refractivity contribution is 5.34. The summed E-state index contributed by atoms with van der Waals surface area (Å²) in [6.45, 7) is 7.72. The molecule has 0 aliphatic heterocycles. The van der Waals surface area contributed by atoms with Crippen molar-refractivity contribution in [2.75, 3.05) is 6.54 Å². The van der Waals surface area contributed by atoms with Crippen LogP contribution in [0, 0.1) is 19.7 Å². The molecule has 2 aromatic rings. The number of aryl methyl sites for hydroxylation is 2. The molecule has 2 rings (SSSR count). The van der Waals surface area contributed by atoms with Crippen LogP contribution in [0.4, 0.5) is 4.39 Å². The Morgan fingerprint density at radius 2 is 2.00 bits per heavy atom. The molecule has 0 aliphatic carbocycles. The maximum Gasteiger partial charge on any atom is 0.219 e. The number of hydrogen-bond donors (Lipinski definition) is 1. The van der Waals surface area contributed by atoms with Gasteiger partial charge in [0.2, 0.25) is 5.88 Å². The molecule has 1 heterocycles. The second-order valence-corrected chi connectivity index (χ2v) is 5.11. The third kappa shape index (κ3) is 4.26. The maximum atomic E-state index is 13.7. The van der Waals surface area contributed by atoms with Crippen molar-refractivity contribution in [2.45, 2.75) is 33.7 Å². The lowest BCUT2D eigenvalue weighted by atomic mass is 10.2. The molecule has 0 saturated heterocycles. The minimum absolute atomic E-state index is 0.207. The Morgan fingerprint density at radius 1 is 1.19 bits per heavy atom. The van der Waals surface area contributed by atoms with Crippen molar-refractivity contribution in [3.05, 3.63) is 53.0 Å². The van der Waals surface area contributed by atoms with Crippen LogP contribution in [-0.4, -0.2) is 11.5 Å². The molecule has 4 heteroatoms. The predicted octanol–water partition coefficient (Wildman–Crippen LogP) is 4.13. The molecule has 0 radical (unpaired) electrons. The Balaban J connectivity index is 2.11. The molecule has 0 spiro atoms. The lowest BCUT2D eigenvalue weighted by molar-refractivity contribution is 0.425. The fourth-order valence-corrected chi connectivity index (χ4v) is 2.01. The Labute approximate surface area is 125 Å². The van der Waals surface area contributed by atoms with Crippen molar-refractivity contribution in [1.29, 1.82) is 0 Å². The molecule has 0 saturated carbocycles. The topological polar surface area (TPSA) is 34.1 Å². The van der Waals surface area contributed by atoms with Crippen LogP contribution in [0.2, 0.25) is 0 Å². The summed E-state index contributed by atoms with van der Waals surface area (Å²) in [5.41, 5.74) is 2.97. The van der Waals surface area contributed by atoms with E-state index in [9.17, 15) is 4.39 Å². The van der Waals surface area contributed by atoms with Crippen LogP contribution in [0.5, 0.6) is 11.6 Å². The highest BCUT2D eigenvalue weighted by atomic mass is 19.1. The van der Waals surface area contributed by atoms with E-state index in [2.05, 4.69) is 17.2 Å². The summed E-state index contributed by atoms with van der Waals surface area (Å²) in [4.78, 5) is 4.39. The van der Waals surface area contributed by atoms with Crippen molar-refractivity contribution in [3.63, 3.8) is 0 Å². The number of rotatable bonds is 6. The van der Waals surface area contributed by atoms with Gasteiger partial charge in [-0.15, -0.1) is 0 Å². The van der Waals surface area contributed by atoms with E-state index < -0.39 is 0 Å². The van der Waals surface area contributed by atoms with E-state index in [1.807, 2.05) is 19.9 Å². The predicted molar refractivity (Wildman–Crippen MR) is 82.2 cm³/mol. The van der Waals surface area contributed by atoms with Gasteiger partial charge in [-0.25, -0.2) is 9.37 Å². The summed E-state index contributed by atoms with van der Waals surface area (Å²) in [6.07, 6.45) is 1.10. The van der Waals surface area contributed by atoms with Crippen LogP contribution < -0.4 is 10.1 Å². The summed E-state index contributed by atoms with van der Waals surface area (Å²) in [7, 11) is 0. The number of nitrogens with zero attached hydrogens (tertiary/aromatic N) is 1. The summed E-state index contributed by atoms with van der Waals surface area (Å²) in [5, 5.41) is 3.34. The molecule has 0 bridgehead atoms. The minimum atomic E-state index is -0.381. The van der Waals surface area contributed by atoms with Gasteiger partial charge in [-0.05, 0) is 50.1 Å². The number of pyridine rings is 1. The van der Waals surface area contributed by atoms with Crippen molar-refractivity contribution in [3.8, 4) is 11.6 Å². The number of nitrogens with one attached hydrogen (secondary N) is 1. The Morgan fingerprint density at radius 3 is 2.71 bits per heavy atom. The van der Waals surface area contributed by atoms with E-state index in [0.717, 1.165) is 36.3 Å². The molecule has 112 valence electrons. The molecule has 21 heavy (non-hydrogen) atoms. The number of aromatic nitrogens is 1. The molecule has 1 aromatic carbocycles. The number of ether oxygens (including phenoxy) is 1. The molecule has 1 aromatic heterocycles. The second kappa shape index (κ2) is 7.18. The van der Waals surface area contributed by atoms with Crippen LogP contribution in [0.25, 0.3) is 0 Å². The molecule has 0 amide bonds. The summed E-state index contributed by atoms with van der Waals surface area (Å²) >= 11 is 0. The highest BCUT2D eigenvalue weighted by Gasteiger charge is 2.07. The second-order valence-electron chi connectivity index (χ2n) is 5.11. The lowest BCUT2D eigenvalue weighted by Crippen LogP contribution is -2.15. The largest absolute Gasteiger partial charge is 0.436 e. The zero-order chi connectivity index (χ0) is 15.2. The third-order valence-electron chi connectivity index (χ3n) is 3.21. The number of halogens is 1. The van der Waals surface area contributed by atoms with Crippen LogP contribution in [0.1, 0.15) is 30.2 Å². The van der Waals surface area contributed by atoms with Gasteiger partial charge < -0.3 is 10.1 Å². The molecule has 0 atom stereocenters. The zero-order valence-electron chi connectivity index (χ0n) is 12.7. The normalized spacial score (nSPS) is 10.7. The van der Waals surface area contributed by atoms with E-state index in [1.54, 1.807) is 18.2 Å². The van der Waals surface area contributed by atoms with Crippen molar-refractivity contribution in [2.24, 2.45) is 0 Å². The van der Waals surface area contributed by atoms with Gasteiger partial charge in [0.25, 0.3) is 0 Å². The molecular formula is C17H21FN2O. The first-order valence-corrected chi connectivity index (χ1v) is 7.21. The fraction of sp³-hybridized carbons (Fsp3) is 0.353. The lowest BCUT2D eigenvalue weighted by Gasteiger charge is -2.10. The first-order valence-electron chi connectivity index (χ1n) is 7.21. The monoisotopic (exact) mass is 288 g/mol. The summed E-state index contributed by atoms with van der Waals surface area (Å²) in [5.74, 6) is 0.240. The molecule has 1 N–H and O–H groups in total. The van der Waals surface area contributed by atoms with E-state index in [0.29, 0.717) is 5.88 Å². The third-order valence-corrected chi connectivity index (χ3v) is 3.21. The van der Waals surface area contributed by atoms with Crippen LogP contribution in [-0.2, 0) is 6.54 Å². The van der Waals surface area contributed by atoms with Gasteiger partial charge in [0.05, 0.1) is 0 Å². The Kier molecular flexibility index (Phi) is 5.28. The van der Waals surface area contributed by atoms with E-state index in [-0.39, 0.29) is 11.6 Å². The van der Waals surface area contributed by atoms with Crippen LogP contribution >= 0.6 is 0 Å². The van der Waals surface area contributed by atoms with Gasteiger partial charge >= 0.3 is 0 Å². The quantitative estimate of drug-likeness (QED) is 0.812. The maximum absolute atomic E-state index is 13.7. The number of benzene rings is 1. The Hall–Kier alpha value is -1.94. The molecular weight excluding hydrogens is 267 g/mol. The number of hydrogen-bond acceptors (Lipinski definition) is 3. The van der Waals surface area contributed by atoms with Crippen LogP contribution in [0.15, 0.2) is 30.3 Å². The first-order chi connectivity index (χ1) is 10.1. The minimum Gasteiger partial charge on any atom is -0.436 e. The van der Waals surface area contributed by atoms with E-state index in [4.69, 9.17) is 4.74 Å². The summed E-state index contributed by atoms with van der Waals surface area (Å²) < 4.78 is 19.2. The zero-order valence-corrected chi connectivity index (χ0v) is 12.7. The van der Waals surface area contributed by atoms with Gasteiger partial charge in [-0.1, -0.05) is 19.1 Å². The van der Waals surface area contributed by atoms with Gasteiger partial charge in [-0.2, -0.15) is 0 Å². The molecule has 0 fully saturated rings. The average molecular weight is 288 g/mol. The highest BCUT2D eigenvalue weighted by Crippen LogP contribution is 2.24. The average Bonchev–Trinajstić information content (AvgIpc) is 2.45. The van der Waals surface area contributed by atoms with Crippen LogP contribution in [0.3, 0.4) is 0 Å². The van der Waals surface area contributed by atoms with Gasteiger partial charge in [0.15, 0.2) is 11.6 Å². The summed E-state index contributed by atoms with van der Waals surface area (Å²) in [6, 6.07) is 8.53. The first kappa shape index (κ1) is 15.4. The van der Waals surface area contributed by atoms with E-state index >= 15 is 0 Å². The molecule has 0 unspecified atom stereocenters. The SMILES string of the molecule is CCCNCc1ccc(Oc2cc(C)ccc2F)nc1C. The smallest absolute Gasteiger partial charge is 0.219 e. The van der Waals surface area contributed by atoms with Crippen molar-refractivity contribution in [1.82, 2.24) is 10.3 Å². The van der Waals surface area contributed by atoms with Gasteiger partial charge in [0, 0.05) is 18.3 Å². The van der Waals surface area contributed by atoms with E-state index in [1.165, 1.54) is 6.07 Å². The molecule has 0 aliphatic rings. The van der Waals surface area contributed by atoms with Gasteiger partial charge in [-0.3, -0.25) is 0 Å². The fourth-order valence-electron chi connectivity index (χ4n) is 2.01. The standard InChI is InChI=1S/C17H21FN2O/c1-4-9-19-11-14-6-8-17(20-13(14)3)21-16-10-12(2)5-7-15(16)18/h5-8,10,19H,4,9,11H2,1-3H3. The van der Waals surface area contributed by atoms with Crippen molar-refractivity contribution >= 4 is 0 Å². The molecule has 3 nitrogen and oxygen atoms in total. The Bertz CT molecular complexity index is 614. The van der Waals surface area contributed by atoms with Crippen molar-refractivity contribution < 1.29 is 9.13 Å². The van der Waals surface area contributed by atoms with Gasteiger partial charge in [0.1, 0.15) is 0 Å².